The highest BCUT2D eigenvalue weighted by atomic mass is 32.2. The fourth-order valence-corrected chi connectivity index (χ4v) is 3.32. The Balaban J connectivity index is 1.81. The molecule has 0 aliphatic rings. The largest absolute Gasteiger partial charge is 0.382 e. The summed E-state index contributed by atoms with van der Waals surface area (Å²) in [5.41, 5.74) is 7.48. The molecule has 0 aliphatic heterocycles. The van der Waals surface area contributed by atoms with Crippen LogP contribution in [0.3, 0.4) is 0 Å². The van der Waals surface area contributed by atoms with E-state index < -0.39 is 0 Å². The van der Waals surface area contributed by atoms with E-state index in [1.807, 2.05) is 18.2 Å². The van der Waals surface area contributed by atoms with Gasteiger partial charge in [-0.05, 0) is 22.9 Å². The first-order chi connectivity index (χ1) is 10.3. The first kappa shape index (κ1) is 12.2. The number of hydrogen-bond donors (Lipinski definition) is 2. The maximum atomic E-state index is 5.85. The highest BCUT2D eigenvalue weighted by Gasteiger charge is 2.09. The number of imidazole rings is 1. The number of aromatic amines is 1. The van der Waals surface area contributed by atoms with E-state index in [4.69, 9.17) is 5.73 Å². The van der Waals surface area contributed by atoms with Crippen LogP contribution >= 0.6 is 11.8 Å². The number of anilines is 1. The van der Waals surface area contributed by atoms with Gasteiger partial charge in [-0.1, -0.05) is 48.2 Å². The molecule has 4 aromatic rings. The summed E-state index contributed by atoms with van der Waals surface area (Å²) in [6, 6.07) is 16.5. The SMILES string of the molecule is Nc1nccc2[nH]c(Sc3cccc4ccccc34)nc12. The predicted octanol–water partition coefficient (Wildman–Crippen LogP) is 3.84. The van der Waals surface area contributed by atoms with Crippen molar-refractivity contribution in [3.05, 3.63) is 54.7 Å². The highest BCUT2D eigenvalue weighted by Crippen LogP contribution is 2.33. The van der Waals surface area contributed by atoms with Crippen LogP contribution in [0.15, 0.2) is 64.8 Å². The fourth-order valence-electron chi connectivity index (χ4n) is 2.37. The van der Waals surface area contributed by atoms with Crippen LogP contribution in [0.4, 0.5) is 5.82 Å². The molecular formula is C16H12N4S. The van der Waals surface area contributed by atoms with Crippen molar-refractivity contribution >= 4 is 39.4 Å². The molecule has 0 saturated carbocycles. The summed E-state index contributed by atoms with van der Waals surface area (Å²) in [7, 11) is 0. The molecule has 102 valence electrons. The van der Waals surface area contributed by atoms with Crippen molar-refractivity contribution in [3.8, 4) is 0 Å². The van der Waals surface area contributed by atoms with E-state index in [2.05, 4.69) is 45.3 Å². The molecule has 2 heterocycles. The zero-order chi connectivity index (χ0) is 14.2. The lowest BCUT2D eigenvalue weighted by atomic mass is 10.1. The number of benzene rings is 2. The van der Waals surface area contributed by atoms with Crippen molar-refractivity contribution in [1.82, 2.24) is 15.0 Å². The lowest BCUT2D eigenvalue weighted by molar-refractivity contribution is 1.08. The minimum Gasteiger partial charge on any atom is -0.382 e. The Morgan fingerprint density at radius 2 is 1.86 bits per heavy atom. The lowest BCUT2D eigenvalue weighted by Crippen LogP contribution is -1.89. The Morgan fingerprint density at radius 3 is 2.76 bits per heavy atom. The second-order valence-electron chi connectivity index (χ2n) is 4.71. The maximum Gasteiger partial charge on any atom is 0.171 e. The van der Waals surface area contributed by atoms with E-state index in [-0.39, 0.29) is 0 Å². The van der Waals surface area contributed by atoms with Crippen LogP contribution in [0.1, 0.15) is 0 Å². The molecular weight excluding hydrogens is 280 g/mol. The van der Waals surface area contributed by atoms with Crippen LogP contribution in [0.25, 0.3) is 21.8 Å². The molecule has 0 atom stereocenters. The third-order valence-corrected chi connectivity index (χ3v) is 4.33. The molecule has 0 radical (unpaired) electrons. The summed E-state index contributed by atoms with van der Waals surface area (Å²) < 4.78 is 0. The average molecular weight is 292 g/mol. The number of nitrogens with zero attached hydrogens (tertiary/aromatic N) is 2. The zero-order valence-electron chi connectivity index (χ0n) is 11.1. The second kappa shape index (κ2) is 4.79. The number of nitrogens with one attached hydrogen (secondary N) is 1. The normalized spacial score (nSPS) is 11.2. The van der Waals surface area contributed by atoms with Gasteiger partial charge in [0.15, 0.2) is 11.0 Å². The van der Waals surface area contributed by atoms with E-state index in [0.29, 0.717) is 5.82 Å². The molecule has 0 fully saturated rings. The molecule has 0 saturated heterocycles. The predicted molar refractivity (Wildman–Crippen MR) is 86.4 cm³/mol. The number of aromatic nitrogens is 3. The molecule has 0 unspecified atom stereocenters. The molecule has 4 nitrogen and oxygen atoms in total. The number of nitrogen functional groups attached to an aromatic ring is 1. The van der Waals surface area contributed by atoms with Crippen molar-refractivity contribution in [2.45, 2.75) is 10.1 Å². The minimum atomic E-state index is 0.452. The van der Waals surface area contributed by atoms with Gasteiger partial charge in [0.25, 0.3) is 0 Å². The van der Waals surface area contributed by atoms with Gasteiger partial charge in [0, 0.05) is 11.1 Å². The van der Waals surface area contributed by atoms with Crippen molar-refractivity contribution < 1.29 is 0 Å². The van der Waals surface area contributed by atoms with Gasteiger partial charge in [-0.3, -0.25) is 0 Å². The van der Waals surface area contributed by atoms with Gasteiger partial charge < -0.3 is 10.7 Å². The van der Waals surface area contributed by atoms with Crippen LogP contribution in [0.5, 0.6) is 0 Å². The Kier molecular flexibility index (Phi) is 2.79. The van der Waals surface area contributed by atoms with E-state index in [9.17, 15) is 0 Å². The second-order valence-corrected chi connectivity index (χ2v) is 5.74. The number of hydrogen-bond acceptors (Lipinski definition) is 4. The summed E-state index contributed by atoms with van der Waals surface area (Å²) in [5, 5.41) is 3.26. The molecule has 0 amide bonds. The highest BCUT2D eigenvalue weighted by molar-refractivity contribution is 7.99. The summed E-state index contributed by atoms with van der Waals surface area (Å²) in [4.78, 5) is 13.0. The Hall–Kier alpha value is -2.53. The van der Waals surface area contributed by atoms with Crippen LogP contribution in [-0.2, 0) is 0 Å². The zero-order valence-corrected chi connectivity index (χ0v) is 11.9. The molecule has 0 spiro atoms. The lowest BCUT2D eigenvalue weighted by Gasteiger charge is -2.03. The van der Waals surface area contributed by atoms with Gasteiger partial charge in [-0.2, -0.15) is 0 Å². The van der Waals surface area contributed by atoms with Crippen LogP contribution < -0.4 is 5.73 Å². The molecule has 5 heteroatoms. The monoisotopic (exact) mass is 292 g/mol. The minimum absolute atomic E-state index is 0.452. The molecule has 0 aliphatic carbocycles. The van der Waals surface area contributed by atoms with Crippen LogP contribution in [0, 0.1) is 0 Å². The molecule has 3 N–H and O–H groups in total. The summed E-state index contributed by atoms with van der Waals surface area (Å²) in [6.45, 7) is 0. The van der Waals surface area contributed by atoms with Crippen molar-refractivity contribution in [3.63, 3.8) is 0 Å². The van der Waals surface area contributed by atoms with E-state index in [0.717, 1.165) is 16.2 Å². The van der Waals surface area contributed by atoms with Gasteiger partial charge in [-0.15, -0.1) is 0 Å². The number of fused-ring (bicyclic) bond motifs is 2. The Bertz CT molecular complexity index is 940. The molecule has 2 aromatic carbocycles. The molecule has 21 heavy (non-hydrogen) atoms. The standard InChI is InChI=1S/C16H12N4S/c17-15-14-12(8-9-18-15)19-16(20-14)21-13-7-3-5-10-4-1-2-6-11(10)13/h1-9H,(H2,17,18)(H,19,20). The van der Waals surface area contributed by atoms with E-state index in [1.165, 1.54) is 15.7 Å². The van der Waals surface area contributed by atoms with Gasteiger partial charge in [0.2, 0.25) is 0 Å². The maximum absolute atomic E-state index is 5.85. The van der Waals surface area contributed by atoms with Crippen molar-refractivity contribution in [2.75, 3.05) is 5.73 Å². The molecule has 4 rings (SSSR count). The Morgan fingerprint density at radius 1 is 1.00 bits per heavy atom. The van der Waals surface area contributed by atoms with Gasteiger partial charge in [-0.25, -0.2) is 9.97 Å². The average Bonchev–Trinajstić information content (AvgIpc) is 2.92. The van der Waals surface area contributed by atoms with E-state index in [1.54, 1.807) is 18.0 Å². The smallest absolute Gasteiger partial charge is 0.171 e. The van der Waals surface area contributed by atoms with Gasteiger partial charge in [0.1, 0.15) is 5.52 Å². The summed E-state index contributed by atoms with van der Waals surface area (Å²) >= 11 is 1.60. The van der Waals surface area contributed by atoms with Crippen LogP contribution in [0.2, 0.25) is 0 Å². The topological polar surface area (TPSA) is 67.6 Å². The number of H-pyrrole nitrogens is 1. The van der Waals surface area contributed by atoms with Crippen molar-refractivity contribution in [2.24, 2.45) is 0 Å². The number of rotatable bonds is 2. The summed E-state index contributed by atoms with van der Waals surface area (Å²) in [5.74, 6) is 0.452. The number of nitrogens with two attached hydrogens (primary N) is 1. The fraction of sp³-hybridized carbons (Fsp3) is 0. The van der Waals surface area contributed by atoms with E-state index >= 15 is 0 Å². The molecule has 2 aromatic heterocycles. The van der Waals surface area contributed by atoms with Crippen molar-refractivity contribution in [1.29, 1.82) is 0 Å². The van der Waals surface area contributed by atoms with Crippen LogP contribution in [-0.4, -0.2) is 15.0 Å². The quantitative estimate of drug-likeness (QED) is 0.589. The first-order valence-corrected chi connectivity index (χ1v) is 7.39. The van der Waals surface area contributed by atoms with Gasteiger partial charge in [0.05, 0.1) is 5.52 Å². The first-order valence-electron chi connectivity index (χ1n) is 6.57. The molecule has 0 bridgehead atoms. The van der Waals surface area contributed by atoms with Gasteiger partial charge >= 0.3 is 0 Å². The summed E-state index contributed by atoms with van der Waals surface area (Å²) in [6.07, 6.45) is 1.68. The Labute approximate surface area is 125 Å². The number of pyridine rings is 1. The third-order valence-electron chi connectivity index (χ3n) is 3.36. The third kappa shape index (κ3) is 2.11.